The first kappa shape index (κ1) is 8.49. The molecule has 1 heterocycles. The highest BCUT2D eigenvalue weighted by atomic mass is 16.3. The summed E-state index contributed by atoms with van der Waals surface area (Å²) in [7, 11) is 0. The average molecular weight is 158 g/mol. The van der Waals surface area contributed by atoms with Crippen molar-refractivity contribution in [3.8, 4) is 0 Å². The van der Waals surface area contributed by atoms with E-state index in [0.29, 0.717) is 13.0 Å². The van der Waals surface area contributed by atoms with Crippen molar-refractivity contribution in [3.05, 3.63) is 0 Å². The Labute approximate surface area is 65.8 Å². The quantitative estimate of drug-likeness (QED) is 0.474. The van der Waals surface area contributed by atoms with Crippen LogP contribution in [0.4, 0.5) is 0 Å². The van der Waals surface area contributed by atoms with E-state index in [2.05, 4.69) is 5.32 Å². The molecule has 1 saturated heterocycles. The molecule has 1 amide bonds. The lowest BCUT2D eigenvalue weighted by Crippen LogP contribution is -2.50. The molecule has 1 unspecified atom stereocenters. The smallest absolute Gasteiger partial charge is 0.227 e. The molecule has 1 rings (SSSR count). The molecule has 1 aliphatic heterocycles. The number of primary amides is 1. The second kappa shape index (κ2) is 3.19. The molecular formula is C7H14N2O2. The predicted octanol–water partition coefficient (Wildman–Crippen LogP) is -1.17. The fraction of sp³-hybridized carbons (Fsp3) is 0.857. The van der Waals surface area contributed by atoms with E-state index >= 15 is 0 Å². The van der Waals surface area contributed by atoms with E-state index in [1.54, 1.807) is 0 Å². The van der Waals surface area contributed by atoms with Gasteiger partial charge in [0.25, 0.3) is 0 Å². The maximum atomic E-state index is 10.9. The zero-order valence-electron chi connectivity index (χ0n) is 6.47. The van der Waals surface area contributed by atoms with Crippen LogP contribution in [-0.2, 0) is 4.79 Å². The summed E-state index contributed by atoms with van der Waals surface area (Å²) in [4.78, 5) is 10.9. The van der Waals surface area contributed by atoms with Crippen LogP contribution in [0.5, 0.6) is 0 Å². The Morgan fingerprint density at radius 3 is 2.73 bits per heavy atom. The zero-order valence-corrected chi connectivity index (χ0v) is 6.47. The van der Waals surface area contributed by atoms with Crippen LogP contribution in [0.1, 0.15) is 12.8 Å². The highest BCUT2D eigenvalue weighted by Gasteiger charge is 2.37. The molecule has 0 bridgehead atoms. The molecule has 4 heteroatoms. The van der Waals surface area contributed by atoms with Gasteiger partial charge in [0, 0.05) is 6.54 Å². The SMILES string of the molecule is NC(=O)C1(CO)CCCNC1. The van der Waals surface area contributed by atoms with Crippen LogP contribution in [-0.4, -0.2) is 30.7 Å². The number of amides is 1. The summed E-state index contributed by atoms with van der Waals surface area (Å²) in [5, 5.41) is 12.0. The Hall–Kier alpha value is -0.610. The zero-order chi connectivity index (χ0) is 8.32. The molecule has 0 spiro atoms. The summed E-state index contributed by atoms with van der Waals surface area (Å²) in [5.41, 5.74) is 4.48. The van der Waals surface area contributed by atoms with E-state index < -0.39 is 11.3 Å². The predicted molar refractivity (Wildman–Crippen MR) is 40.8 cm³/mol. The molecule has 1 aliphatic rings. The molecular weight excluding hydrogens is 144 g/mol. The largest absolute Gasteiger partial charge is 0.395 e. The maximum absolute atomic E-state index is 10.9. The van der Waals surface area contributed by atoms with Crippen LogP contribution in [0.15, 0.2) is 0 Å². The van der Waals surface area contributed by atoms with Crippen molar-refractivity contribution in [2.45, 2.75) is 12.8 Å². The summed E-state index contributed by atoms with van der Waals surface area (Å²) in [6, 6.07) is 0. The number of rotatable bonds is 2. The summed E-state index contributed by atoms with van der Waals surface area (Å²) in [5.74, 6) is -0.396. The molecule has 0 aromatic heterocycles. The number of carbonyl (C=O) groups is 1. The number of nitrogens with one attached hydrogen (secondary N) is 1. The van der Waals surface area contributed by atoms with E-state index in [1.165, 1.54) is 0 Å². The van der Waals surface area contributed by atoms with E-state index in [-0.39, 0.29) is 6.61 Å². The first-order chi connectivity index (χ1) is 5.21. The van der Waals surface area contributed by atoms with Crippen molar-refractivity contribution in [1.29, 1.82) is 0 Å². The lowest BCUT2D eigenvalue weighted by atomic mass is 9.81. The van der Waals surface area contributed by atoms with Crippen LogP contribution in [0.3, 0.4) is 0 Å². The first-order valence-corrected chi connectivity index (χ1v) is 3.83. The minimum Gasteiger partial charge on any atom is -0.395 e. The van der Waals surface area contributed by atoms with Gasteiger partial charge in [-0.05, 0) is 19.4 Å². The monoisotopic (exact) mass is 158 g/mol. The van der Waals surface area contributed by atoms with Crippen molar-refractivity contribution >= 4 is 5.91 Å². The summed E-state index contributed by atoms with van der Waals surface area (Å²) in [6.45, 7) is 1.28. The molecule has 0 aromatic carbocycles. The molecule has 4 N–H and O–H groups in total. The van der Waals surface area contributed by atoms with Crippen molar-refractivity contribution in [1.82, 2.24) is 5.32 Å². The maximum Gasteiger partial charge on any atom is 0.227 e. The minimum atomic E-state index is -0.696. The van der Waals surface area contributed by atoms with Crippen molar-refractivity contribution in [2.75, 3.05) is 19.7 Å². The number of hydrogen-bond acceptors (Lipinski definition) is 3. The van der Waals surface area contributed by atoms with Crippen LogP contribution >= 0.6 is 0 Å². The van der Waals surface area contributed by atoms with Crippen molar-refractivity contribution in [2.24, 2.45) is 11.1 Å². The van der Waals surface area contributed by atoms with Crippen molar-refractivity contribution < 1.29 is 9.90 Å². The minimum absolute atomic E-state index is 0.144. The van der Waals surface area contributed by atoms with E-state index in [1.807, 2.05) is 0 Å². The molecule has 0 aromatic rings. The fourth-order valence-corrected chi connectivity index (χ4v) is 1.39. The van der Waals surface area contributed by atoms with Crippen molar-refractivity contribution in [3.63, 3.8) is 0 Å². The number of aliphatic hydroxyl groups is 1. The van der Waals surface area contributed by atoms with Gasteiger partial charge in [-0.2, -0.15) is 0 Å². The van der Waals surface area contributed by atoms with Crippen LogP contribution in [0, 0.1) is 5.41 Å². The molecule has 1 fully saturated rings. The third kappa shape index (κ3) is 1.52. The topological polar surface area (TPSA) is 75.4 Å². The van der Waals surface area contributed by atoms with Gasteiger partial charge in [-0.25, -0.2) is 0 Å². The van der Waals surface area contributed by atoms with Gasteiger partial charge < -0.3 is 16.2 Å². The normalized spacial score (nSPS) is 31.7. The van der Waals surface area contributed by atoms with Crippen LogP contribution < -0.4 is 11.1 Å². The van der Waals surface area contributed by atoms with E-state index in [9.17, 15) is 4.79 Å². The van der Waals surface area contributed by atoms with Crippen LogP contribution in [0.2, 0.25) is 0 Å². The number of carbonyl (C=O) groups excluding carboxylic acids is 1. The fourth-order valence-electron chi connectivity index (χ4n) is 1.39. The van der Waals surface area contributed by atoms with E-state index in [4.69, 9.17) is 10.8 Å². The van der Waals surface area contributed by atoms with E-state index in [0.717, 1.165) is 13.0 Å². The van der Waals surface area contributed by atoms with Gasteiger partial charge in [-0.1, -0.05) is 0 Å². The Bertz CT molecular complexity index is 153. The van der Waals surface area contributed by atoms with Gasteiger partial charge in [0.1, 0.15) is 0 Å². The Kier molecular flexibility index (Phi) is 2.46. The Morgan fingerprint density at radius 1 is 1.73 bits per heavy atom. The Balaban J connectivity index is 2.64. The summed E-state index contributed by atoms with van der Waals surface area (Å²) >= 11 is 0. The number of nitrogens with two attached hydrogens (primary N) is 1. The second-order valence-electron chi connectivity index (χ2n) is 3.08. The molecule has 11 heavy (non-hydrogen) atoms. The first-order valence-electron chi connectivity index (χ1n) is 3.83. The van der Waals surface area contributed by atoms with Gasteiger partial charge >= 0.3 is 0 Å². The van der Waals surface area contributed by atoms with Gasteiger partial charge in [-0.3, -0.25) is 4.79 Å². The molecule has 4 nitrogen and oxygen atoms in total. The van der Waals surface area contributed by atoms with Gasteiger partial charge in [0.2, 0.25) is 5.91 Å². The standard InChI is InChI=1S/C7H14N2O2/c8-6(11)7(5-10)2-1-3-9-4-7/h9-10H,1-5H2,(H2,8,11). The molecule has 0 radical (unpaired) electrons. The lowest BCUT2D eigenvalue weighted by Gasteiger charge is -2.32. The number of hydrogen-bond donors (Lipinski definition) is 3. The highest BCUT2D eigenvalue weighted by Crippen LogP contribution is 2.24. The van der Waals surface area contributed by atoms with Gasteiger partial charge in [0.05, 0.1) is 12.0 Å². The number of piperidine rings is 1. The van der Waals surface area contributed by atoms with Crippen LogP contribution in [0.25, 0.3) is 0 Å². The van der Waals surface area contributed by atoms with Gasteiger partial charge in [0.15, 0.2) is 0 Å². The average Bonchev–Trinajstić information content (AvgIpc) is 2.05. The van der Waals surface area contributed by atoms with Gasteiger partial charge in [-0.15, -0.1) is 0 Å². The molecule has 0 saturated carbocycles. The molecule has 64 valence electrons. The Morgan fingerprint density at radius 2 is 2.45 bits per heavy atom. The lowest BCUT2D eigenvalue weighted by molar-refractivity contribution is -0.131. The highest BCUT2D eigenvalue weighted by molar-refractivity contribution is 5.81. The third-order valence-corrected chi connectivity index (χ3v) is 2.30. The molecule has 0 aliphatic carbocycles. The summed E-state index contributed by atoms with van der Waals surface area (Å²) in [6.07, 6.45) is 1.61. The number of aliphatic hydroxyl groups excluding tert-OH is 1. The summed E-state index contributed by atoms with van der Waals surface area (Å²) < 4.78 is 0. The molecule has 1 atom stereocenters. The second-order valence-corrected chi connectivity index (χ2v) is 3.08. The third-order valence-electron chi connectivity index (χ3n) is 2.30.